The zero-order chi connectivity index (χ0) is 10.8. The predicted octanol–water partition coefficient (Wildman–Crippen LogP) is 1.85. The van der Waals surface area contributed by atoms with Crippen LogP contribution in [-0.2, 0) is 4.79 Å². The number of Topliss-reactive ketones (excluding diaryl/α,β-unsaturated/α-hetero) is 1. The second kappa shape index (κ2) is 7.60. The number of nitrogens with one attached hydrogen (secondary N) is 1. The monoisotopic (exact) mass is 207 g/mol. The molecule has 5 heteroatoms. The van der Waals surface area contributed by atoms with Gasteiger partial charge < -0.3 is 0 Å². The van der Waals surface area contributed by atoms with Crippen LogP contribution in [0.25, 0.3) is 0 Å². The van der Waals surface area contributed by atoms with Gasteiger partial charge in [-0.2, -0.15) is 10.5 Å². The second-order valence-corrected chi connectivity index (χ2v) is 2.20. The van der Waals surface area contributed by atoms with Crippen molar-refractivity contribution in [2.75, 3.05) is 4.84 Å². The average Bonchev–Trinajstić information content (AvgIpc) is 2.30. The lowest BCUT2D eigenvalue weighted by Crippen LogP contribution is -1.81. The summed E-state index contributed by atoms with van der Waals surface area (Å²) in [4.78, 5) is 12.0. The van der Waals surface area contributed by atoms with Crippen molar-refractivity contribution in [3.8, 4) is 12.1 Å². The average molecular weight is 208 g/mol. The highest BCUT2D eigenvalue weighted by Gasteiger charge is 1.86. The molecule has 1 N–H and O–H groups in total. The van der Waals surface area contributed by atoms with Crippen LogP contribution in [-0.4, -0.2) is 5.78 Å². The van der Waals surface area contributed by atoms with Gasteiger partial charge in [-0.05, 0) is 12.1 Å². The van der Waals surface area contributed by atoms with Crippen molar-refractivity contribution >= 4 is 23.2 Å². The van der Waals surface area contributed by atoms with Crippen LogP contribution >= 0.6 is 11.8 Å². The third-order valence-electron chi connectivity index (χ3n) is 1.09. The Morgan fingerprint density at radius 1 is 1.21 bits per heavy atom. The molecule has 1 rings (SSSR count). The first-order valence-electron chi connectivity index (χ1n) is 3.50. The third kappa shape index (κ3) is 5.59. The van der Waals surface area contributed by atoms with Crippen molar-refractivity contribution < 1.29 is 4.79 Å². The first-order valence-corrected chi connectivity index (χ1v) is 3.88. The van der Waals surface area contributed by atoms with E-state index in [1.54, 1.807) is 0 Å². The summed E-state index contributed by atoms with van der Waals surface area (Å²) in [5.74, 6) is -1.05. The molecule has 70 valence electrons. The number of nitrogens with zero attached hydrogens (tertiary/aromatic N) is 2. The maximum Gasteiger partial charge on any atom is 0.331 e. The number of hydrogen-bond donors (Lipinski definition) is 1. The topological polar surface area (TPSA) is 76.7 Å². The SMILES string of the molecule is ClNc1ccccc1.N#CC(=O)C#N. The van der Waals surface area contributed by atoms with Crippen molar-refractivity contribution in [2.24, 2.45) is 0 Å². The molecule has 0 saturated carbocycles. The highest BCUT2D eigenvalue weighted by atomic mass is 35.5. The molecule has 0 aromatic heterocycles. The molecule has 14 heavy (non-hydrogen) atoms. The van der Waals surface area contributed by atoms with E-state index in [9.17, 15) is 4.79 Å². The minimum Gasteiger partial charge on any atom is -0.299 e. The maximum atomic E-state index is 9.46. The molecule has 0 fully saturated rings. The Hall–Kier alpha value is -2.04. The Morgan fingerprint density at radius 3 is 1.93 bits per heavy atom. The first kappa shape index (κ1) is 12.0. The normalized spacial score (nSPS) is 7.07. The largest absolute Gasteiger partial charge is 0.331 e. The number of halogens is 1. The third-order valence-corrected chi connectivity index (χ3v) is 1.30. The molecular weight excluding hydrogens is 202 g/mol. The van der Waals surface area contributed by atoms with Gasteiger partial charge >= 0.3 is 5.78 Å². The number of carbonyl (C=O) groups excluding carboxylic acids is 1. The van der Waals surface area contributed by atoms with Gasteiger partial charge in [0.2, 0.25) is 0 Å². The highest BCUT2D eigenvalue weighted by Crippen LogP contribution is 2.04. The van der Waals surface area contributed by atoms with Gasteiger partial charge in [0, 0.05) is 17.5 Å². The Bertz CT molecular complexity index is 348. The summed E-state index contributed by atoms with van der Waals surface area (Å²) in [7, 11) is 0. The summed E-state index contributed by atoms with van der Waals surface area (Å²) in [5, 5.41) is 15.0. The number of ketones is 1. The van der Waals surface area contributed by atoms with Gasteiger partial charge in [-0.15, -0.1) is 0 Å². The number of hydrogen-bond acceptors (Lipinski definition) is 4. The van der Waals surface area contributed by atoms with Crippen LogP contribution < -0.4 is 4.84 Å². The van der Waals surface area contributed by atoms with Gasteiger partial charge in [0.1, 0.15) is 0 Å². The van der Waals surface area contributed by atoms with Crippen LogP contribution in [0.4, 0.5) is 5.69 Å². The van der Waals surface area contributed by atoms with E-state index in [1.165, 1.54) is 0 Å². The van der Waals surface area contributed by atoms with Gasteiger partial charge in [0.25, 0.3) is 0 Å². The number of rotatable bonds is 1. The molecule has 0 aliphatic heterocycles. The van der Waals surface area contributed by atoms with E-state index in [4.69, 9.17) is 22.3 Å². The summed E-state index contributed by atoms with van der Waals surface area (Å²) in [6.07, 6.45) is 0. The van der Waals surface area contributed by atoms with Crippen molar-refractivity contribution in [1.82, 2.24) is 0 Å². The van der Waals surface area contributed by atoms with Crippen LogP contribution in [0.1, 0.15) is 0 Å². The highest BCUT2D eigenvalue weighted by molar-refractivity contribution is 6.23. The zero-order valence-corrected chi connectivity index (χ0v) is 7.82. The Morgan fingerprint density at radius 2 is 1.71 bits per heavy atom. The standard InChI is InChI=1S/C6H6ClN.C3N2O/c7-8-6-4-2-1-3-5-6;4-1-3(6)2-5/h1-5,8H;. The molecule has 0 spiro atoms. The number of benzene rings is 1. The van der Waals surface area contributed by atoms with Gasteiger partial charge in [0.05, 0.1) is 0 Å². The molecule has 4 nitrogen and oxygen atoms in total. The molecule has 0 saturated heterocycles. The number of anilines is 1. The van der Waals surface area contributed by atoms with Crippen LogP contribution in [0.2, 0.25) is 0 Å². The molecule has 0 unspecified atom stereocenters. The van der Waals surface area contributed by atoms with E-state index < -0.39 is 5.78 Å². The molecule has 0 bridgehead atoms. The smallest absolute Gasteiger partial charge is 0.299 e. The van der Waals surface area contributed by atoms with E-state index >= 15 is 0 Å². The fourth-order valence-electron chi connectivity index (χ4n) is 0.526. The molecule has 0 amide bonds. The van der Waals surface area contributed by atoms with Crippen LogP contribution in [0.3, 0.4) is 0 Å². The number of nitriles is 2. The van der Waals surface area contributed by atoms with Gasteiger partial charge in [-0.3, -0.25) is 9.63 Å². The molecule has 0 aliphatic rings. The minimum atomic E-state index is -1.05. The molecule has 0 radical (unpaired) electrons. The Balaban J connectivity index is 0.000000255. The van der Waals surface area contributed by atoms with Crippen molar-refractivity contribution in [2.45, 2.75) is 0 Å². The quantitative estimate of drug-likeness (QED) is 0.563. The molecule has 0 aliphatic carbocycles. The van der Waals surface area contributed by atoms with E-state index in [-0.39, 0.29) is 0 Å². The first-order chi connectivity index (χ1) is 6.74. The Labute approximate surface area is 86.4 Å². The molecule has 0 heterocycles. The minimum absolute atomic E-state index is 0.925. The molecule has 0 atom stereocenters. The lowest BCUT2D eigenvalue weighted by Gasteiger charge is -1.91. The zero-order valence-electron chi connectivity index (χ0n) is 7.07. The maximum absolute atomic E-state index is 9.46. The van der Waals surface area contributed by atoms with E-state index in [1.807, 2.05) is 30.3 Å². The van der Waals surface area contributed by atoms with Crippen molar-refractivity contribution in [3.05, 3.63) is 30.3 Å². The van der Waals surface area contributed by atoms with Crippen LogP contribution in [0, 0.1) is 22.7 Å². The molecule has 1 aromatic rings. The summed E-state index contributed by atoms with van der Waals surface area (Å²) in [6.45, 7) is 0. The lowest BCUT2D eigenvalue weighted by atomic mass is 10.3. The molecule has 1 aromatic carbocycles. The molecular formula is C9H6ClN3O. The van der Waals surface area contributed by atoms with Crippen molar-refractivity contribution in [1.29, 1.82) is 10.5 Å². The second-order valence-electron chi connectivity index (χ2n) is 2.01. The fraction of sp³-hybridized carbons (Fsp3) is 0. The number of carbonyl (C=O) groups is 1. The fourth-order valence-corrected chi connectivity index (χ4v) is 0.652. The summed E-state index contributed by atoms with van der Waals surface area (Å²) >= 11 is 5.28. The van der Waals surface area contributed by atoms with Crippen LogP contribution in [0.15, 0.2) is 30.3 Å². The van der Waals surface area contributed by atoms with Crippen LogP contribution in [0.5, 0.6) is 0 Å². The summed E-state index contributed by atoms with van der Waals surface area (Å²) in [6, 6.07) is 11.8. The number of para-hydroxylation sites is 1. The summed E-state index contributed by atoms with van der Waals surface area (Å²) < 4.78 is 0. The Kier molecular flexibility index (Phi) is 6.49. The van der Waals surface area contributed by atoms with E-state index in [0.717, 1.165) is 17.8 Å². The predicted molar refractivity (Wildman–Crippen MR) is 52.2 cm³/mol. The summed E-state index contributed by atoms with van der Waals surface area (Å²) in [5.41, 5.74) is 0.925. The van der Waals surface area contributed by atoms with E-state index in [2.05, 4.69) is 4.84 Å². The van der Waals surface area contributed by atoms with Gasteiger partial charge in [-0.1, -0.05) is 18.2 Å². The van der Waals surface area contributed by atoms with Crippen molar-refractivity contribution in [3.63, 3.8) is 0 Å². The van der Waals surface area contributed by atoms with Gasteiger partial charge in [-0.25, -0.2) is 0 Å². The van der Waals surface area contributed by atoms with E-state index in [0.29, 0.717) is 0 Å². The van der Waals surface area contributed by atoms with Gasteiger partial charge in [0.15, 0.2) is 12.1 Å². The lowest BCUT2D eigenvalue weighted by molar-refractivity contribution is -0.109.